The molecule has 4 unspecified atom stereocenters. The number of hydrogen-bond acceptors (Lipinski definition) is 2. The summed E-state index contributed by atoms with van der Waals surface area (Å²) in [5.41, 5.74) is 0. The van der Waals surface area contributed by atoms with Gasteiger partial charge in [-0.15, -0.1) is 0 Å². The Hall–Kier alpha value is -0.790. The van der Waals surface area contributed by atoms with Crippen LogP contribution in [0.1, 0.15) is 12.8 Å². The minimum atomic E-state index is 0.231. The lowest BCUT2D eigenvalue weighted by atomic mass is 9.64. The Bertz CT molecular complexity index is 244. The van der Waals surface area contributed by atoms with Crippen LogP contribution >= 0.6 is 0 Å². The molecule has 1 heterocycles. The maximum Gasteiger partial charge on any atom is 0.140 e. The van der Waals surface area contributed by atoms with Crippen molar-refractivity contribution >= 4 is 5.78 Å². The summed E-state index contributed by atoms with van der Waals surface area (Å²) in [6.45, 7) is 0. The number of ketones is 1. The van der Waals surface area contributed by atoms with Gasteiger partial charge in [-0.2, -0.15) is 0 Å². The Morgan fingerprint density at radius 3 is 3.36 bits per heavy atom. The van der Waals surface area contributed by atoms with Crippen molar-refractivity contribution in [3.8, 4) is 0 Å². The summed E-state index contributed by atoms with van der Waals surface area (Å²) < 4.78 is 5.33. The van der Waals surface area contributed by atoms with E-state index in [9.17, 15) is 4.79 Å². The first-order valence-corrected chi connectivity index (χ1v) is 4.23. The summed E-state index contributed by atoms with van der Waals surface area (Å²) in [6.07, 6.45) is 6.00. The van der Waals surface area contributed by atoms with E-state index < -0.39 is 0 Å². The maximum absolute atomic E-state index is 11.3. The smallest absolute Gasteiger partial charge is 0.140 e. The zero-order valence-corrected chi connectivity index (χ0v) is 6.19. The number of fused-ring (bicyclic) bond motifs is 4. The van der Waals surface area contributed by atoms with Gasteiger partial charge in [0.25, 0.3) is 0 Å². The molecule has 0 amide bonds. The SMILES string of the molecule is O=C1CCC2C3C=COC3C12. The maximum atomic E-state index is 11.3. The molecule has 0 aromatic rings. The summed E-state index contributed by atoms with van der Waals surface area (Å²) in [6, 6.07) is 0. The van der Waals surface area contributed by atoms with Gasteiger partial charge in [0.2, 0.25) is 0 Å². The van der Waals surface area contributed by atoms with Gasteiger partial charge in [0, 0.05) is 12.3 Å². The first kappa shape index (κ1) is 5.81. The summed E-state index contributed by atoms with van der Waals surface area (Å²) >= 11 is 0. The molecule has 2 saturated carbocycles. The molecule has 3 aliphatic rings. The third-order valence-electron chi connectivity index (χ3n) is 3.32. The van der Waals surface area contributed by atoms with Crippen molar-refractivity contribution in [3.63, 3.8) is 0 Å². The number of ether oxygens (including phenoxy) is 1. The molecule has 0 aromatic heterocycles. The molecule has 1 aliphatic heterocycles. The van der Waals surface area contributed by atoms with Crippen LogP contribution in [0.15, 0.2) is 12.3 Å². The standard InChI is InChI=1S/C9H10O2/c10-7-2-1-5-6-3-4-11-9(6)8(5)7/h3-6,8-9H,1-2H2. The lowest BCUT2D eigenvalue weighted by Gasteiger charge is -2.41. The minimum Gasteiger partial charge on any atom is -0.497 e. The molecule has 0 N–H and O–H groups in total. The van der Waals surface area contributed by atoms with Gasteiger partial charge >= 0.3 is 0 Å². The van der Waals surface area contributed by atoms with Gasteiger partial charge in [0.05, 0.1) is 12.2 Å². The number of carbonyl (C=O) groups excluding carboxylic acids is 1. The highest BCUT2D eigenvalue weighted by Gasteiger charge is 2.58. The fourth-order valence-corrected chi connectivity index (χ4v) is 2.74. The predicted octanol–water partition coefficient (Wildman–Crippen LogP) is 1.12. The highest BCUT2D eigenvalue weighted by molar-refractivity contribution is 5.85. The third-order valence-corrected chi connectivity index (χ3v) is 3.32. The molecular weight excluding hydrogens is 140 g/mol. The van der Waals surface area contributed by atoms with Crippen LogP contribution in [0.25, 0.3) is 0 Å². The van der Waals surface area contributed by atoms with E-state index in [2.05, 4.69) is 6.08 Å². The van der Waals surface area contributed by atoms with Crippen molar-refractivity contribution in [1.29, 1.82) is 0 Å². The second kappa shape index (κ2) is 1.68. The van der Waals surface area contributed by atoms with Gasteiger partial charge in [0.15, 0.2) is 0 Å². The van der Waals surface area contributed by atoms with Gasteiger partial charge in [-0.25, -0.2) is 0 Å². The van der Waals surface area contributed by atoms with Crippen molar-refractivity contribution < 1.29 is 9.53 Å². The fraction of sp³-hybridized carbons (Fsp3) is 0.667. The average Bonchev–Trinajstić information content (AvgIpc) is 2.43. The third kappa shape index (κ3) is 0.525. The molecule has 4 atom stereocenters. The monoisotopic (exact) mass is 150 g/mol. The van der Waals surface area contributed by atoms with Crippen LogP contribution in [-0.2, 0) is 9.53 Å². The average molecular weight is 150 g/mol. The van der Waals surface area contributed by atoms with Gasteiger partial charge in [-0.1, -0.05) is 0 Å². The summed E-state index contributed by atoms with van der Waals surface area (Å²) in [7, 11) is 0. The molecule has 0 aromatic carbocycles. The largest absolute Gasteiger partial charge is 0.497 e. The van der Waals surface area contributed by atoms with Gasteiger partial charge < -0.3 is 4.74 Å². The van der Waals surface area contributed by atoms with E-state index in [1.54, 1.807) is 6.26 Å². The van der Waals surface area contributed by atoms with Crippen LogP contribution in [0, 0.1) is 17.8 Å². The molecule has 0 radical (unpaired) electrons. The van der Waals surface area contributed by atoms with Crippen LogP contribution in [0.4, 0.5) is 0 Å². The van der Waals surface area contributed by atoms with Gasteiger partial charge in [0.1, 0.15) is 11.9 Å². The molecule has 2 aliphatic carbocycles. The van der Waals surface area contributed by atoms with E-state index in [0.717, 1.165) is 12.8 Å². The van der Waals surface area contributed by atoms with E-state index in [4.69, 9.17) is 4.74 Å². The van der Waals surface area contributed by atoms with Crippen molar-refractivity contribution in [2.75, 3.05) is 0 Å². The number of carbonyl (C=O) groups is 1. The Morgan fingerprint density at radius 1 is 1.55 bits per heavy atom. The van der Waals surface area contributed by atoms with Crippen molar-refractivity contribution in [2.24, 2.45) is 17.8 Å². The van der Waals surface area contributed by atoms with Crippen molar-refractivity contribution in [1.82, 2.24) is 0 Å². The van der Waals surface area contributed by atoms with Crippen molar-refractivity contribution in [3.05, 3.63) is 12.3 Å². The first-order valence-electron chi connectivity index (χ1n) is 4.23. The van der Waals surface area contributed by atoms with E-state index in [1.165, 1.54) is 0 Å². The molecule has 0 spiro atoms. The molecule has 2 nitrogen and oxygen atoms in total. The highest BCUT2D eigenvalue weighted by Crippen LogP contribution is 2.53. The lowest BCUT2D eigenvalue weighted by Crippen LogP contribution is -2.48. The van der Waals surface area contributed by atoms with Crippen LogP contribution in [0.2, 0.25) is 0 Å². The normalized spacial score (nSPS) is 51.5. The molecule has 0 bridgehead atoms. The van der Waals surface area contributed by atoms with Gasteiger partial charge in [-0.05, 0) is 18.4 Å². The van der Waals surface area contributed by atoms with Crippen LogP contribution in [0.3, 0.4) is 0 Å². The Labute approximate surface area is 65.2 Å². The molecule has 2 heteroatoms. The summed E-state index contributed by atoms with van der Waals surface area (Å²) in [5, 5.41) is 0. The molecule has 3 rings (SSSR count). The Kier molecular flexibility index (Phi) is 0.888. The van der Waals surface area contributed by atoms with Crippen LogP contribution in [-0.4, -0.2) is 11.9 Å². The Morgan fingerprint density at radius 2 is 2.45 bits per heavy atom. The molecule has 11 heavy (non-hydrogen) atoms. The zero-order chi connectivity index (χ0) is 7.42. The Balaban J connectivity index is 1.92. The second-order valence-electron chi connectivity index (χ2n) is 3.70. The molecular formula is C9H10O2. The number of rotatable bonds is 0. The molecule has 0 saturated heterocycles. The highest BCUT2D eigenvalue weighted by atomic mass is 16.5. The van der Waals surface area contributed by atoms with E-state index >= 15 is 0 Å². The first-order chi connectivity index (χ1) is 5.38. The quantitative estimate of drug-likeness (QED) is 0.517. The topological polar surface area (TPSA) is 26.3 Å². The minimum absolute atomic E-state index is 0.231. The predicted molar refractivity (Wildman–Crippen MR) is 38.7 cm³/mol. The van der Waals surface area contributed by atoms with Crippen LogP contribution < -0.4 is 0 Å². The molecule has 58 valence electrons. The summed E-state index contributed by atoms with van der Waals surface area (Å²) in [4.78, 5) is 11.3. The lowest BCUT2D eigenvalue weighted by molar-refractivity contribution is -0.133. The van der Waals surface area contributed by atoms with E-state index in [-0.39, 0.29) is 12.0 Å². The summed E-state index contributed by atoms with van der Waals surface area (Å²) in [5.74, 6) is 1.90. The van der Waals surface area contributed by atoms with Crippen LogP contribution in [0.5, 0.6) is 0 Å². The zero-order valence-electron chi connectivity index (χ0n) is 6.19. The second-order valence-corrected chi connectivity index (χ2v) is 3.70. The van der Waals surface area contributed by atoms with E-state index in [1.807, 2.05) is 0 Å². The number of Topliss-reactive ketones (excluding diaryl/α,β-unsaturated/α-hetero) is 1. The fourth-order valence-electron chi connectivity index (χ4n) is 2.74. The van der Waals surface area contributed by atoms with E-state index in [0.29, 0.717) is 17.6 Å². The van der Waals surface area contributed by atoms with Gasteiger partial charge in [-0.3, -0.25) is 4.79 Å². The van der Waals surface area contributed by atoms with Crippen molar-refractivity contribution in [2.45, 2.75) is 18.9 Å². The molecule has 2 fully saturated rings. The number of hydrogen-bond donors (Lipinski definition) is 0.